The summed E-state index contributed by atoms with van der Waals surface area (Å²) >= 11 is 0. The predicted octanol–water partition coefficient (Wildman–Crippen LogP) is 4.39. The lowest BCUT2D eigenvalue weighted by Gasteiger charge is -2.28. The first-order chi connectivity index (χ1) is 9.81. The number of hydrogen-bond donors (Lipinski definition) is 0. The van der Waals surface area contributed by atoms with Crippen LogP contribution in [0.1, 0.15) is 72.1 Å². The summed E-state index contributed by atoms with van der Waals surface area (Å²) in [5.74, 6) is 0. The molecule has 0 radical (unpaired) electrons. The predicted molar refractivity (Wildman–Crippen MR) is 87.8 cm³/mol. The third-order valence-corrected chi connectivity index (χ3v) is 4.49. The zero-order chi connectivity index (χ0) is 14.6. The molecule has 0 bridgehead atoms. The first-order valence-corrected chi connectivity index (χ1v) is 8.67. The molecule has 1 atom stereocenters. The Morgan fingerprint density at radius 3 is 2.40 bits per heavy atom. The van der Waals surface area contributed by atoms with E-state index < -0.39 is 0 Å². The maximum Gasteiger partial charge on any atom is 0.0895 e. The average Bonchev–Trinajstić information content (AvgIpc) is 2.50. The highest BCUT2D eigenvalue weighted by molar-refractivity contribution is 5.41. The molecule has 0 aromatic carbocycles. The maximum atomic E-state index is 4.46. The summed E-state index contributed by atoms with van der Waals surface area (Å²) in [5.41, 5.74) is 0. The van der Waals surface area contributed by atoms with Crippen LogP contribution >= 0.6 is 0 Å². The van der Waals surface area contributed by atoms with E-state index in [1.54, 1.807) is 0 Å². The van der Waals surface area contributed by atoms with Gasteiger partial charge < -0.3 is 4.90 Å². The standard InChI is InChI=1S/C17H33N3/c1-4-17(20(5-2)6-3)13-10-14-18-15-19-16-11-8-7-9-12-16/h16-17H,4-14H2,1-3H3. The summed E-state index contributed by atoms with van der Waals surface area (Å²) in [6.07, 6.45) is 10.2. The Hall–Kier alpha value is -0.660. The minimum absolute atomic E-state index is 0.506. The smallest absolute Gasteiger partial charge is 0.0895 e. The molecule has 20 heavy (non-hydrogen) atoms. The summed E-state index contributed by atoms with van der Waals surface area (Å²) in [4.78, 5) is 11.4. The Bertz CT molecular complexity index is 285. The topological polar surface area (TPSA) is 28.0 Å². The quantitative estimate of drug-likeness (QED) is 0.454. The Morgan fingerprint density at radius 2 is 1.80 bits per heavy atom. The van der Waals surface area contributed by atoms with Gasteiger partial charge in [-0.15, -0.1) is 0 Å². The van der Waals surface area contributed by atoms with Crippen LogP contribution in [0, 0.1) is 0 Å². The first kappa shape index (κ1) is 17.4. The Labute approximate surface area is 125 Å². The second-order valence-corrected chi connectivity index (χ2v) is 5.83. The van der Waals surface area contributed by atoms with E-state index in [0.29, 0.717) is 6.04 Å². The lowest BCUT2D eigenvalue weighted by atomic mass is 9.96. The van der Waals surface area contributed by atoms with Crippen molar-refractivity contribution in [1.82, 2.24) is 4.90 Å². The van der Waals surface area contributed by atoms with Gasteiger partial charge in [-0.25, -0.2) is 9.98 Å². The molecule has 0 heterocycles. The monoisotopic (exact) mass is 279 g/mol. The van der Waals surface area contributed by atoms with Crippen LogP contribution < -0.4 is 0 Å². The van der Waals surface area contributed by atoms with Gasteiger partial charge in [-0.2, -0.15) is 0 Å². The fourth-order valence-electron chi connectivity index (χ4n) is 3.17. The van der Waals surface area contributed by atoms with Crippen LogP contribution in [0.4, 0.5) is 0 Å². The van der Waals surface area contributed by atoms with Gasteiger partial charge in [0.15, 0.2) is 0 Å². The van der Waals surface area contributed by atoms with Crippen LogP contribution in [0.5, 0.6) is 0 Å². The molecular weight excluding hydrogens is 246 g/mol. The third-order valence-electron chi connectivity index (χ3n) is 4.49. The summed E-state index contributed by atoms with van der Waals surface area (Å²) in [6, 6.07) is 4.16. The van der Waals surface area contributed by atoms with Crippen molar-refractivity contribution in [2.45, 2.75) is 84.2 Å². The number of hydrogen-bond acceptors (Lipinski definition) is 3. The molecule has 1 unspecified atom stereocenters. The molecule has 116 valence electrons. The first-order valence-electron chi connectivity index (χ1n) is 8.67. The minimum Gasteiger partial charge on any atom is -0.301 e. The van der Waals surface area contributed by atoms with Crippen molar-refractivity contribution in [2.75, 3.05) is 19.6 Å². The van der Waals surface area contributed by atoms with Crippen LogP contribution in [-0.2, 0) is 0 Å². The number of nitrogens with zero attached hydrogens (tertiary/aromatic N) is 3. The zero-order valence-corrected chi connectivity index (χ0v) is 13.8. The molecule has 1 rings (SSSR count). The minimum atomic E-state index is 0.506. The van der Waals surface area contributed by atoms with E-state index in [1.807, 2.05) is 0 Å². The molecule has 1 fully saturated rings. The van der Waals surface area contributed by atoms with Gasteiger partial charge in [-0.05, 0) is 45.2 Å². The molecule has 1 aliphatic carbocycles. The van der Waals surface area contributed by atoms with E-state index in [0.717, 1.165) is 32.1 Å². The number of rotatable bonds is 9. The molecule has 3 nitrogen and oxygen atoms in total. The van der Waals surface area contributed by atoms with Crippen molar-refractivity contribution < 1.29 is 0 Å². The molecule has 0 spiro atoms. The van der Waals surface area contributed by atoms with Gasteiger partial charge in [-0.1, -0.05) is 40.0 Å². The molecular formula is C17H33N3. The Kier molecular flexibility index (Phi) is 9.61. The van der Waals surface area contributed by atoms with Crippen LogP contribution in [0.25, 0.3) is 0 Å². The van der Waals surface area contributed by atoms with Gasteiger partial charge >= 0.3 is 0 Å². The lowest BCUT2D eigenvalue weighted by molar-refractivity contribution is 0.199. The second-order valence-electron chi connectivity index (χ2n) is 5.83. The van der Waals surface area contributed by atoms with E-state index >= 15 is 0 Å². The van der Waals surface area contributed by atoms with Gasteiger partial charge in [0, 0.05) is 12.6 Å². The number of aliphatic imine (C=N–C) groups is 2. The molecule has 0 aromatic heterocycles. The highest BCUT2D eigenvalue weighted by Gasteiger charge is 2.12. The van der Waals surface area contributed by atoms with E-state index in [1.165, 1.54) is 44.9 Å². The van der Waals surface area contributed by atoms with Crippen LogP contribution in [0.3, 0.4) is 0 Å². The van der Waals surface area contributed by atoms with E-state index in [2.05, 4.69) is 41.7 Å². The lowest BCUT2D eigenvalue weighted by Crippen LogP contribution is -2.34. The summed E-state index contributed by atoms with van der Waals surface area (Å²) in [5, 5.41) is 0. The van der Waals surface area contributed by atoms with E-state index in [9.17, 15) is 0 Å². The largest absolute Gasteiger partial charge is 0.301 e. The van der Waals surface area contributed by atoms with Gasteiger partial charge in [0.2, 0.25) is 0 Å². The molecule has 0 N–H and O–H groups in total. The maximum absolute atomic E-state index is 4.46. The highest BCUT2D eigenvalue weighted by Crippen LogP contribution is 2.19. The van der Waals surface area contributed by atoms with Gasteiger partial charge in [0.25, 0.3) is 0 Å². The van der Waals surface area contributed by atoms with Crippen molar-refractivity contribution in [1.29, 1.82) is 0 Å². The van der Waals surface area contributed by atoms with Crippen molar-refractivity contribution >= 4 is 6.01 Å². The molecule has 0 aromatic rings. The normalized spacial score (nSPS) is 17.8. The van der Waals surface area contributed by atoms with Crippen molar-refractivity contribution in [2.24, 2.45) is 9.98 Å². The Balaban J connectivity index is 2.20. The fourth-order valence-corrected chi connectivity index (χ4v) is 3.17. The molecule has 3 heteroatoms. The second kappa shape index (κ2) is 11.0. The summed E-state index contributed by atoms with van der Waals surface area (Å²) in [6.45, 7) is 9.98. The fraction of sp³-hybridized carbons (Fsp3) is 0.941. The molecule has 1 saturated carbocycles. The average molecular weight is 279 g/mol. The summed E-state index contributed by atoms with van der Waals surface area (Å²) < 4.78 is 0. The van der Waals surface area contributed by atoms with Gasteiger partial charge in [0.1, 0.15) is 0 Å². The van der Waals surface area contributed by atoms with Gasteiger partial charge in [0.05, 0.1) is 12.1 Å². The van der Waals surface area contributed by atoms with E-state index in [-0.39, 0.29) is 0 Å². The van der Waals surface area contributed by atoms with E-state index in [4.69, 9.17) is 0 Å². The summed E-state index contributed by atoms with van der Waals surface area (Å²) in [7, 11) is 0. The molecule has 0 saturated heterocycles. The van der Waals surface area contributed by atoms with Crippen molar-refractivity contribution in [3.05, 3.63) is 0 Å². The molecule has 1 aliphatic rings. The van der Waals surface area contributed by atoms with Crippen LogP contribution in [0.15, 0.2) is 9.98 Å². The van der Waals surface area contributed by atoms with Crippen molar-refractivity contribution in [3.8, 4) is 0 Å². The van der Waals surface area contributed by atoms with Crippen molar-refractivity contribution in [3.63, 3.8) is 0 Å². The van der Waals surface area contributed by atoms with Gasteiger partial charge in [-0.3, -0.25) is 0 Å². The zero-order valence-electron chi connectivity index (χ0n) is 13.8. The Morgan fingerprint density at radius 1 is 1.10 bits per heavy atom. The molecule has 0 aliphatic heterocycles. The highest BCUT2D eigenvalue weighted by atomic mass is 15.1. The third kappa shape index (κ3) is 6.67. The van der Waals surface area contributed by atoms with Crippen LogP contribution in [-0.4, -0.2) is 42.6 Å². The van der Waals surface area contributed by atoms with Crippen LogP contribution in [0.2, 0.25) is 0 Å². The molecule has 0 amide bonds. The SMILES string of the molecule is CCC(CCCN=C=NC1CCCCC1)N(CC)CC.